The lowest BCUT2D eigenvalue weighted by atomic mass is 10.1. The second kappa shape index (κ2) is 4.81. The number of hydrogen-bond donors (Lipinski definition) is 1. The van der Waals surface area contributed by atoms with Crippen LogP contribution in [0.5, 0.6) is 0 Å². The van der Waals surface area contributed by atoms with Crippen LogP contribution in [0.1, 0.15) is 11.1 Å². The number of benzene rings is 2. The summed E-state index contributed by atoms with van der Waals surface area (Å²) in [6.45, 7) is 2.81. The van der Waals surface area contributed by atoms with Crippen molar-refractivity contribution in [2.24, 2.45) is 5.84 Å². The maximum atomic E-state index is 6.00. The molecule has 82 valence electrons. The Morgan fingerprint density at radius 1 is 0.938 bits per heavy atom. The van der Waals surface area contributed by atoms with Crippen molar-refractivity contribution < 1.29 is 0 Å². The SMILES string of the molecule is Cc1ccc(CN(N)c2ccccc2)cc1. The third kappa shape index (κ3) is 2.61. The van der Waals surface area contributed by atoms with Gasteiger partial charge in [-0.3, -0.25) is 0 Å². The lowest BCUT2D eigenvalue weighted by molar-refractivity contribution is 0.853. The Kier molecular flexibility index (Phi) is 3.22. The number of para-hydroxylation sites is 1. The van der Waals surface area contributed by atoms with Crippen LogP contribution in [0.2, 0.25) is 0 Å². The Morgan fingerprint density at radius 3 is 2.19 bits per heavy atom. The van der Waals surface area contributed by atoms with Crippen molar-refractivity contribution in [3.63, 3.8) is 0 Å². The van der Waals surface area contributed by atoms with Crippen LogP contribution < -0.4 is 10.9 Å². The molecule has 0 aliphatic carbocycles. The van der Waals surface area contributed by atoms with Gasteiger partial charge in [-0.1, -0.05) is 48.0 Å². The Balaban J connectivity index is 2.08. The van der Waals surface area contributed by atoms with Crippen LogP contribution in [0.15, 0.2) is 54.6 Å². The minimum Gasteiger partial charge on any atom is -0.307 e. The quantitative estimate of drug-likeness (QED) is 0.626. The predicted octanol–water partition coefficient (Wildman–Crippen LogP) is 2.88. The molecule has 0 saturated carbocycles. The molecule has 0 unspecified atom stereocenters. The normalized spacial score (nSPS) is 10.1. The minimum atomic E-state index is 0.726. The van der Waals surface area contributed by atoms with Crippen molar-refractivity contribution in [3.8, 4) is 0 Å². The summed E-state index contributed by atoms with van der Waals surface area (Å²) in [5.74, 6) is 6.00. The molecule has 2 heteroatoms. The van der Waals surface area contributed by atoms with Crippen molar-refractivity contribution in [2.75, 3.05) is 5.01 Å². The van der Waals surface area contributed by atoms with E-state index < -0.39 is 0 Å². The number of nitrogens with zero attached hydrogens (tertiary/aromatic N) is 1. The lowest BCUT2D eigenvalue weighted by Crippen LogP contribution is -2.29. The van der Waals surface area contributed by atoms with Gasteiger partial charge < -0.3 is 5.01 Å². The summed E-state index contributed by atoms with van der Waals surface area (Å²) in [7, 11) is 0. The Hall–Kier alpha value is -1.80. The first-order valence-electron chi connectivity index (χ1n) is 5.38. The first kappa shape index (κ1) is 10.7. The van der Waals surface area contributed by atoms with Gasteiger partial charge in [0, 0.05) is 0 Å². The maximum absolute atomic E-state index is 6.00. The van der Waals surface area contributed by atoms with Gasteiger partial charge in [-0.15, -0.1) is 0 Å². The molecule has 0 heterocycles. The van der Waals surface area contributed by atoms with Gasteiger partial charge in [0.05, 0.1) is 12.2 Å². The summed E-state index contributed by atoms with van der Waals surface area (Å²) in [5, 5.41) is 1.75. The Morgan fingerprint density at radius 2 is 1.56 bits per heavy atom. The number of anilines is 1. The summed E-state index contributed by atoms with van der Waals surface area (Å²) >= 11 is 0. The first-order valence-corrected chi connectivity index (χ1v) is 5.38. The van der Waals surface area contributed by atoms with E-state index in [2.05, 4.69) is 31.2 Å². The van der Waals surface area contributed by atoms with E-state index in [0.717, 1.165) is 12.2 Å². The fraction of sp³-hybridized carbons (Fsp3) is 0.143. The zero-order valence-electron chi connectivity index (χ0n) is 9.43. The first-order chi connectivity index (χ1) is 7.75. The highest BCUT2D eigenvalue weighted by Crippen LogP contribution is 2.13. The second-order valence-corrected chi connectivity index (χ2v) is 3.95. The van der Waals surface area contributed by atoms with E-state index in [1.807, 2.05) is 30.3 Å². The Bertz CT molecular complexity index is 434. The highest BCUT2D eigenvalue weighted by Gasteiger charge is 2.01. The van der Waals surface area contributed by atoms with Gasteiger partial charge in [-0.2, -0.15) is 0 Å². The number of rotatable bonds is 3. The molecule has 2 aromatic carbocycles. The third-order valence-corrected chi connectivity index (χ3v) is 2.56. The molecule has 2 nitrogen and oxygen atoms in total. The monoisotopic (exact) mass is 212 g/mol. The zero-order chi connectivity index (χ0) is 11.4. The molecular formula is C14H16N2. The zero-order valence-corrected chi connectivity index (χ0v) is 9.43. The highest BCUT2D eigenvalue weighted by atomic mass is 15.4. The second-order valence-electron chi connectivity index (χ2n) is 3.95. The van der Waals surface area contributed by atoms with Gasteiger partial charge in [-0.25, -0.2) is 5.84 Å². The summed E-state index contributed by atoms with van der Waals surface area (Å²) in [4.78, 5) is 0. The van der Waals surface area contributed by atoms with Crippen LogP contribution in [0, 0.1) is 6.92 Å². The number of nitrogens with two attached hydrogens (primary N) is 1. The van der Waals surface area contributed by atoms with Gasteiger partial charge in [0.2, 0.25) is 0 Å². The van der Waals surface area contributed by atoms with Crippen LogP contribution in [0.4, 0.5) is 5.69 Å². The molecule has 0 bridgehead atoms. The molecule has 2 aromatic rings. The fourth-order valence-electron chi connectivity index (χ4n) is 1.60. The molecule has 0 radical (unpaired) electrons. The van der Waals surface area contributed by atoms with E-state index in [-0.39, 0.29) is 0 Å². The predicted molar refractivity (Wildman–Crippen MR) is 68.0 cm³/mol. The van der Waals surface area contributed by atoms with Gasteiger partial charge in [0.15, 0.2) is 0 Å². The van der Waals surface area contributed by atoms with Crippen molar-refractivity contribution in [1.82, 2.24) is 0 Å². The van der Waals surface area contributed by atoms with Gasteiger partial charge in [-0.05, 0) is 24.6 Å². The third-order valence-electron chi connectivity index (χ3n) is 2.56. The van der Waals surface area contributed by atoms with Crippen molar-refractivity contribution in [2.45, 2.75) is 13.5 Å². The largest absolute Gasteiger partial charge is 0.307 e. The molecular weight excluding hydrogens is 196 g/mol. The number of hydrogen-bond acceptors (Lipinski definition) is 2. The molecule has 0 aromatic heterocycles. The topological polar surface area (TPSA) is 29.3 Å². The van der Waals surface area contributed by atoms with Crippen molar-refractivity contribution >= 4 is 5.69 Å². The standard InChI is InChI=1S/C14H16N2/c1-12-7-9-13(10-8-12)11-16(15)14-5-3-2-4-6-14/h2-10H,11,15H2,1H3. The lowest BCUT2D eigenvalue weighted by Gasteiger charge is -2.18. The highest BCUT2D eigenvalue weighted by molar-refractivity contribution is 5.44. The molecule has 0 amide bonds. The average Bonchev–Trinajstić information content (AvgIpc) is 2.33. The van der Waals surface area contributed by atoms with Gasteiger partial charge in [0.25, 0.3) is 0 Å². The maximum Gasteiger partial charge on any atom is 0.0592 e. The number of aryl methyl sites for hydroxylation is 1. The molecule has 0 aliphatic rings. The van der Waals surface area contributed by atoms with E-state index in [4.69, 9.17) is 5.84 Å². The molecule has 2 rings (SSSR count). The molecule has 16 heavy (non-hydrogen) atoms. The molecule has 0 atom stereocenters. The van der Waals surface area contributed by atoms with E-state index >= 15 is 0 Å². The summed E-state index contributed by atoms with van der Waals surface area (Å²) in [5.41, 5.74) is 3.52. The molecule has 0 spiro atoms. The smallest absolute Gasteiger partial charge is 0.0592 e. The van der Waals surface area contributed by atoms with E-state index in [1.54, 1.807) is 5.01 Å². The van der Waals surface area contributed by atoms with E-state index in [0.29, 0.717) is 0 Å². The van der Waals surface area contributed by atoms with Crippen molar-refractivity contribution in [1.29, 1.82) is 0 Å². The summed E-state index contributed by atoms with van der Waals surface area (Å²) in [6, 6.07) is 18.4. The van der Waals surface area contributed by atoms with Gasteiger partial charge in [0.1, 0.15) is 0 Å². The molecule has 0 aliphatic heterocycles. The van der Waals surface area contributed by atoms with Crippen molar-refractivity contribution in [3.05, 3.63) is 65.7 Å². The Labute approximate surface area is 96.3 Å². The van der Waals surface area contributed by atoms with Crippen LogP contribution >= 0.6 is 0 Å². The molecule has 0 fully saturated rings. The average molecular weight is 212 g/mol. The number of hydrazine groups is 1. The van der Waals surface area contributed by atoms with Crippen LogP contribution in [0.25, 0.3) is 0 Å². The van der Waals surface area contributed by atoms with Crippen LogP contribution in [0.3, 0.4) is 0 Å². The summed E-state index contributed by atoms with van der Waals surface area (Å²) < 4.78 is 0. The van der Waals surface area contributed by atoms with E-state index in [9.17, 15) is 0 Å². The fourth-order valence-corrected chi connectivity index (χ4v) is 1.60. The van der Waals surface area contributed by atoms with Crippen LogP contribution in [-0.4, -0.2) is 0 Å². The molecule has 2 N–H and O–H groups in total. The minimum absolute atomic E-state index is 0.726. The van der Waals surface area contributed by atoms with E-state index in [1.165, 1.54) is 11.1 Å². The van der Waals surface area contributed by atoms with Gasteiger partial charge >= 0.3 is 0 Å². The summed E-state index contributed by atoms with van der Waals surface area (Å²) in [6.07, 6.45) is 0. The molecule has 0 saturated heterocycles. The van der Waals surface area contributed by atoms with Crippen LogP contribution in [-0.2, 0) is 6.54 Å².